The second-order valence-electron chi connectivity index (χ2n) is 5.71. The van der Waals surface area contributed by atoms with E-state index in [0.717, 1.165) is 24.7 Å². The van der Waals surface area contributed by atoms with Crippen LogP contribution < -0.4 is 10.6 Å². The number of fused-ring (bicyclic) bond motifs is 1. The lowest BCUT2D eigenvalue weighted by Gasteiger charge is -2.11. The number of hydrogen-bond acceptors (Lipinski definition) is 3. The molecule has 0 aliphatic heterocycles. The van der Waals surface area contributed by atoms with Crippen LogP contribution in [0.1, 0.15) is 17.0 Å². The highest BCUT2D eigenvalue weighted by molar-refractivity contribution is 14.0. The van der Waals surface area contributed by atoms with E-state index < -0.39 is 0 Å². The van der Waals surface area contributed by atoms with Crippen LogP contribution in [0.15, 0.2) is 35.7 Å². The molecule has 0 atom stereocenters. The molecule has 0 radical (unpaired) electrons. The normalized spacial score (nSPS) is 11.4. The molecule has 134 valence electrons. The summed E-state index contributed by atoms with van der Waals surface area (Å²) in [7, 11) is 3.64. The lowest BCUT2D eigenvalue weighted by atomic mass is 10.1. The average Bonchev–Trinajstić information content (AvgIpc) is 3.18. The van der Waals surface area contributed by atoms with Crippen molar-refractivity contribution in [1.29, 1.82) is 0 Å². The zero-order chi connectivity index (χ0) is 16.9. The highest BCUT2D eigenvalue weighted by atomic mass is 127. The summed E-state index contributed by atoms with van der Waals surface area (Å²) < 4.78 is 1.74. The van der Waals surface area contributed by atoms with Crippen LogP contribution in [-0.4, -0.2) is 39.3 Å². The fraction of sp³-hybridized carbons (Fsp3) is 0.353. The Morgan fingerprint density at radius 1 is 1.32 bits per heavy atom. The Morgan fingerprint density at radius 2 is 2.16 bits per heavy atom. The number of guanidine groups is 1. The maximum Gasteiger partial charge on any atom is 0.191 e. The molecule has 3 aromatic rings. The van der Waals surface area contributed by atoms with Gasteiger partial charge in [-0.15, -0.1) is 24.0 Å². The van der Waals surface area contributed by atoms with Crippen LogP contribution in [0.5, 0.6) is 0 Å². The summed E-state index contributed by atoms with van der Waals surface area (Å²) in [6, 6.07) is 6.39. The van der Waals surface area contributed by atoms with Gasteiger partial charge in [0.05, 0.1) is 6.54 Å². The maximum absolute atomic E-state index is 4.24. The van der Waals surface area contributed by atoms with Gasteiger partial charge in [-0.25, -0.2) is 4.98 Å². The number of para-hydroxylation sites is 1. The zero-order valence-corrected chi connectivity index (χ0v) is 17.0. The molecule has 0 unspecified atom stereocenters. The van der Waals surface area contributed by atoms with E-state index in [1.54, 1.807) is 18.1 Å². The standard InChI is InChI=1S/C17H23N7.HI/c1-12-5-4-6-14-13(9-20-16(12)14)7-8-19-17(18-2)21-10-15-22-11-23-24(15)3;/h4-6,9,11,20H,7-8,10H2,1-3H3,(H2,18,19,21);1H. The molecule has 0 saturated carbocycles. The van der Waals surface area contributed by atoms with Crippen molar-refractivity contribution in [2.24, 2.45) is 12.0 Å². The van der Waals surface area contributed by atoms with E-state index in [1.165, 1.54) is 22.0 Å². The van der Waals surface area contributed by atoms with Crippen molar-refractivity contribution in [3.05, 3.63) is 47.7 Å². The second-order valence-corrected chi connectivity index (χ2v) is 5.71. The lowest BCUT2D eigenvalue weighted by Crippen LogP contribution is -2.38. The average molecular weight is 453 g/mol. The number of H-pyrrole nitrogens is 1. The van der Waals surface area contributed by atoms with Gasteiger partial charge in [0.25, 0.3) is 0 Å². The van der Waals surface area contributed by atoms with Gasteiger partial charge in [0, 0.05) is 37.7 Å². The predicted octanol–water partition coefficient (Wildman–Crippen LogP) is 2.13. The summed E-state index contributed by atoms with van der Waals surface area (Å²) in [6.45, 7) is 3.51. The third-order valence-electron chi connectivity index (χ3n) is 4.14. The molecule has 1 aromatic carbocycles. The Kier molecular flexibility index (Phi) is 6.80. The highest BCUT2D eigenvalue weighted by Gasteiger charge is 2.06. The fourth-order valence-electron chi connectivity index (χ4n) is 2.75. The molecule has 0 aliphatic carbocycles. The molecule has 2 aromatic heterocycles. The van der Waals surface area contributed by atoms with Crippen molar-refractivity contribution >= 4 is 40.8 Å². The molecule has 0 bridgehead atoms. The molecule has 0 saturated heterocycles. The third kappa shape index (κ3) is 4.50. The van der Waals surface area contributed by atoms with Crippen molar-refractivity contribution in [3.8, 4) is 0 Å². The number of aromatic nitrogens is 4. The molecule has 7 nitrogen and oxygen atoms in total. The minimum atomic E-state index is 0. The van der Waals surface area contributed by atoms with E-state index in [2.05, 4.69) is 62.0 Å². The van der Waals surface area contributed by atoms with Gasteiger partial charge in [-0.3, -0.25) is 9.67 Å². The molecule has 3 N–H and O–H groups in total. The Balaban J connectivity index is 0.00000225. The number of nitrogens with one attached hydrogen (secondary N) is 3. The molecule has 0 aliphatic rings. The van der Waals surface area contributed by atoms with Crippen LogP contribution in [-0.2, 0) is 20.0 Å². The van der Waals surface area contributed by atoms with Gasteiger partial charge in [0.15, 0.2) is 5.96 Å². The molecule has 0 spiro atoms. The van der Waals surface area contributed by atoms with Gasteiger partial charge in [0.2, 0.25) is 0 Å². The van der Waals surface area contributed by atoms with Crippen molar-refractivity contribution in [2.75, 3.05) is 13.6 Å². The van der Waals surface area contributed by atoms with Crippen molar-refractivity contribution in [3.63, 3.8) is 0 Å². The van der Waals surface area contributed by atoms with E-state index in [1.807, 2.05) is 7.05 Å². The number of benzene rings is 1. The monoisotopic (exact) mass is 453 g/mol. The van der Waals surface area contributed by atoms with Crippen LogP contribution in [0, 0.1) is 6.92 Å². The molecule has 0 amide bonds. The number of nitrogens with zero attached hydrogens (tertiary/aromatic N) is 4. The Hall–Kier alpha value is -2.10. The molecule has 3 rings (SSSR count). The van der Waals surface area contributed by atoms with E-state index in [0.29, 0.717) is 6.54 Å². The molecule has 2 heterocycles. The minimum Gasteiger partial charge on any atom is -0.361 e. The number of hydrogen-bond donors (Lipinski definition) is 3. The Labute approximate surface area is 164 Å². The minimum absolute atomic E-state index is 0. The lowest BCUT2D eigenvalue weighted by molar-refractivity contribution is 0.672. The van der Waals surface area contributed by atoms with Crippen molar-refractivity contribution in [1.82, 2.24) is 30.4 Å². The topological polar surface area (TPSA) is 82.9 Å². The predicted molar refractivity (Wildman–Crippen MR) is 111 cm³/mol. The van der Waals surface area contributed by atoms with E-state index in [-0.39, 0.29) is 24.0 Å². The molecule has 25 heavy (non-hydrogen) atoms. The maximum atomic E-state index is 4.24. The number of aromatic amines is 1. The van der Waals surface area contributed by atoms with Crippen molar-refractivity contribution in [2.45, 2.75) is 19.9 Å². The third-order valence-corrected chi connectivity index (χ3v) is 4.14. The van der Waals surface area contributed by atoms with Crippen LogP contribution >= 0.6 is 24.0 Å². The van der Waals surface area contributed by atoms with Crippen molar-refractivity contribution < 1.29 is 0 Å². The smallest absolute Gasteiger partial charge is 0.191 e. The van der Waals surface area contributed by atoms with Crippen LogP contribution in [0.25, 0.3) is 10.9 Å². The molecule has 8 heteroatoms. The van der Waals surface area contributed by atoms with Crippen LogP contribution in [0.3, 0.4) is 0 Å². The Bertz CT molecular complexity index is 850. The van der Waals surface area contributed by atoms with E-state index >= 15 is 0 Å². The summed E-state index contributed by atoms with van der Waals surface area (Å²) in [5, 5.41) is 11.9. The first kappa shape index (κ1) is 19.2. The van der Waals surface area contributed by atoms with E-state index in [4.69, 9.17) is 0 Å². The van der Waals surface area contributed by atoms with Gasteiger partial charge in [-0.2, -0.15) is 5.10 Å². The number of aliphatic imine (C=N–C) groups is 1. The summed E-state index contributed by atoms with van der Waals surface area (Å²) in [4.78, 5) is 11.8. The molecular weight excluding hydrogens is 429 g/mol. The van der Waals surface area contributed by atoms with Gasteiger partial charge in [0.1, 0.15) is 12.2 Å². The Morgan fingerprint density at radius 3 is 2.88 bits per heavy atom. The van der Waals surface area contributed by atoms with Gasteiger partial charge in [-0.05, 0) is 24.5 Å². The zero-order valence-electron chi connectivity index (χ0n) is 14.7. The van der Waals surface area contributed by atoms with Gasteiger partial charge >= 0.3 is 0 Å². The quantitative estimate of drug-likeness (QED) is 0.314. The van der Waals surface area contributed by atoms with E-state index in [9.17, 15) is 0 Å². The van der Waals surface area contributed by atoms with Gasteiger partial charge < -0.3 is 15.6 Å². The summed E-state index contributed by atoms with van der Waals surface area (Å²) in [5.41, 5.74) is 3.80. The first-order valence-electron chi connectivity index (χ1n) is 8.02. The van der Waals surface area contributed by atoms with Crippen LogP contribution in [0.4, 0.5) is 0 Å². The first-order valence-corrected chi connectivity index (χ1v) is 8.02. The molecular formula is C17H24IN7. The number of aryl methyl sites for hydroxylation is 2. The first-order chi connectivity index (χ1) is 11.7. The summed E-state index contributed by atoms with van der Waals surface area (Å²) >= 11 is 0. The number of rotatable bonds is 5. The summed E-state index contributed by atoms with van der Waals surface area (Å²) in [5.74, 6) is 1.62. The fourth-order valence-corrected chi connectivity index (χ4v) is 2.75. The SMILES string of the molecule is CN=C(NCCc1c[nH]c2c(C)cccc12)NCc1ncnn1C.I. The number of halogens is 1. The van der Waals surface area contributed by atoms with Gasteiger partial charge in [-0.1, -0.05) is 18.2 Å². The molecule has 0 fully saturated rings. The second kappa shape index (κ2) is 8.84. The summed E-state index contributed by atoms with van der Waals surface area (Å²) in [6.07, 6.45) is 4.56. The highest BCUT2D eigenvalue weighted by Crippen LogP contribution is 2.21. The van der Waals surface area contributed by atoms with Crippen LogP contribution in [0.2, 0.25) is 0 Å². The largest absolute Gasteiger partial charge is 0.361 e.